The molecule has 2 aromatic rings. The molecule has 0 saturated carbocycles. The van der Waals surface area contributed by atoms with E-state index in [1.165, 1.54) is 11.1 Å². The Balaban J connectivity index is 2.25. The van der Waals surface area contributed by atoms with Crippen molar-refractivity contribution in [2.24, 2.45) is 5.84 Å². The van der Waals surface area contributed by atoms with E-state index in [0.717, 1.165) is 0 Å². The second-order valence-corrected chi connectivity index (χ2v) is 4.20. The van der Waals surface area contributed by atoms with Crippen molar-refractivity contribution in [2.75, 3.05) is 12.1 Å². The molecule has 2 rings (SSSR count). The summed E-state index contributed by atoms with van der Waals surface area (Å²) in [6, 6.07) is 9.90. The fraction of sp³-hybridized carbons (Fsp3) is 0.214. The highest BCUT2D eigenvalue weighted by atomic mass is 19.3. The van der Waals surface area contributed by atoms with Gasteiger partial charge in [0.2, 0.25) is 5.88 Å². The molecule has 0 aliphatic heterocycles. The highest BCUT2D eigenvalue weighted by Gasteiger charge is 2.15. The standard InChI is InChI=1S/C14H15F2N3O2/c1-19(17)11-5-4-6-12(21-14(15)16)10(11)9-20-13-7-2-3-8-18-13/h2-8,14H,9,17H2,1H3. The minimum absolute atomic E-state index is 0.0107. The molecule has 21 heavy (non-hydrogen) atoms. The SMILES string of the molecule is CN(N)c1cccc(OC(F)F)c1COc1ccccn1. The first kappa shape index (κ1) is 15.0. The Bertz CT molecular complexity index is 580. The molecule has 0 saturated heterocycles. The molecule has 0 aliphatic carbocycles. The van der Waals surface area contributed by atoms with Gasteiger partial charge in [-0.05, 0) is 18.2 Å². The fourth-order valence-corrected chi connectivity index (χ4v) is 1.81. The molecule has 2 N–H and O–H groups in total. The van der Waals surface area contributed by atoms with Gasteiger partial charge in [-0.2, -0.15) is 8.78 Å². The smallest absolute Gasteiger partial charge is 0.387 e. The Labute approximate surface area is 120 Å². The van der Waals surface area contributed by atoms with Gasteiger partial charge in [0.1, 0.15) is 12.4 Å². The van der Waals surface area contributed by atoms with Gasteiger partial charge in [0.15, 0.2) is 0 Å². The molecule has 0 unspecified atom stereocenters. The van der Waals surface area contributed by atoms with E-state index < -0.39 is 6.61 Å². The molecule has 7 heteroatoms. The monoisotopic (exact) mass is 295 g/mol. The number of aromatic nitrogens is 1. The van der Waals surface area contributed by atoms with Crippen molar-refractivity contribution in [3.05, 3.63) is 48.2 Å². The summed E-state index contributed by atoms with van der Waals surface area (Å²) in [5, 5.41) is 1.31. The third-order valence-corrected chi connectivity index (χ3v) is 2.71. The molecule has 1 aromatic heterocycles. The summed E-state index contributed by atoms with van der Waals surface area (Å²) < 4.78 is 34.9. The molecule has 0 amide bonds. The lowest BCUT2D eigenvalue weighted by Gasteiger charge is -2.20. The maximum Gasteiger partial charge on any atom is 0.387 e. The number of alkyl halides is 2. The van der Waals surface area contributed by atoms with Crippen LogP contribution in [0.1, 0.15) is 5.56 Å². The number of nitrogens with two attached hydrogens (primary N) is 1. The van der Waals surface area contributed by atoms with Crippen LogP contribution in [0.5, 0.6) is 11.6 Å². The van der Waals surface area contributed by atoms with Gasteiger partial charge >= 0.3 is 6.61 Å². The average Bonchev–Trinajstić information content (AvgIpc) is 2.46. The summed E-state index contributed by atoms with van der Waals surface area (Å²) in [7, 11) is 1.60. The van der Waals surface area contributed by atoms with E-state index in [1.807, 2.05) is 0 Å². The number of ether oxygens (including phenoxy) is 2. The van der Waals surface area contributed by atoms with Gasteiger partial charge in [-0.1, -0.05) is 12.1 Å². The predicted molar refractivity (Wildman–Crippen MR) is 74.2 cm³/mol. The third kappa shape index (κ3) is 4.03. The number of anilines is 1. The summed E-state index contributed by atoms with van der Waals surface area (Å²) in [6.45, 7) is -2.91. The van der Waals surface area contributed by atoms with Gasteiger partial charge in [-0.15, -0.1) is 0 Å². The van der Waals surface area contributed by atoms with Crippen molar-refractivity contribution in [3.63, 3.8) is 0 Å². The zero-order chi connectivity index (χ0) is 15.2. The molecule has 0 spiro atoms. The predicted octanol–water partition coefficient (Wildman–Crippen LogP) is 2.57. The van der Waals surface area contributed by atoms with Crippen molar-refractivity contribution in [1.29, 1.82) is 0 Å². The van der Waals surface area contributed by atoms with Gasteiger partial charge in [0.25, 0.3) is 0 Å². The van der Waals surface area contributed by atoms with E-state index in [1.54, 1.807) is 43.6 Å². The first-order valence-electron chi connectivity index (χ1n) is 6.17. The van der Waals surface area contributed by atoms with Crippen LogP contribution in [-0.2, 0) is 6.61 Å². The van der Waals surface area contributed by atoms with E-state index in [9.17, 15) is 8.78 Å². The molecule has 0 fully saturated rings. The number of pyridine rings is 1. The number of benzene rings is 1. The van der Waals surface area contributed by atoms with Crippen LogP contribution in [0.4, 0.5) is 14.5 Å². The van der Waals surface area contributed by atoms with Gasteiger partial charge in [0, 0.05) is 19.3 Å². The number of rotatable bonds is 6. The van der Waals surface area contributed by atoms with Gasteiger partial charge in [-0.3, -0.25) is 0 Å². The van der Waals surface area contributed by atoms with Crippen molar-refractivity contribution in [1.82, 2.24) is 4.98 Å². The maximum absolute atomic E-state index is 12.5. The Hall–Kier alpha value is -2.41. The molecular weight excluding hydrogens is 280 g/mol. The topological polar surface area (TPSA) is 60.6 Å². The lowest BCUT2D eigenvalue weighted by atomic mass is 10.1. The van der Waals surface area contributed by atoms with Crippen LogP contribution in [0.15, 0.2) is 42.6 Å². The lowest BCUT2D eigenvalue weighted by molar-refractivity contribution is -0.0508. The summed E-state index contributed by atoms with van der Waals surface area (Å²) >= 11 is 0. The van der Waals surface area contributed by atoms with Crippen LogP contribution in [0, 0.1) is 0 Å². The van der Waals surface area contributed by atoms with E-state index in [0.29, 0.717) is 17.1 Å². The third-order valence-electron chi connectivity index (χ3n) is 2.71. The molecule has 0 aliphatic rings. The lowest BCUT2D eigenvalue weighted by Crippen LogP contribution is -2.27. The van der Waals surface area contributed by atoms with E-state index in [2.05, 4.69) is 9.72 Å². The largest absolute Gasteiger partial charge is 0.473 e. The van der Waals surface area contributed by atoms with Crippen LogP contribution >= 0.6 is 0 Å². The molecule has 5 nitrogen and oxygen atoms in total. The molecule has 112 valence electrons. The van der Waals surface area contributed by atoms with Crippen LogP contribution in [0.3, 0.4) is 0 Å². The first-order chi connectivity index (χ1) is 10.1. The molecule has 0 radical (unpaired) electrons. The van der Waals surface area contributed by atoms with Crippen molar-refractivity contribution >= 4 is 5.69 Å². The van der Waals surface area contributed by atoms with Crippen molar-refractivity contribution < 1.29 is 18.3 Å². The summed E-state index contributed by atoms with van der Waals surface area (Å²) in [6.07, 6.45) is 1.58. The minimum Gasteiger partial charge on any atom is -0.473 e. The highest BCUT2D eigenvalue weighted by molar-refractivity contribution is 5.58. The maximum atomic E-state index is 12.5. The molecule has 0 bridgehead atoms. The summed E-state index contributed by atoms with van der Waals surface area (Å²) in [5.74, 6) is 6.11. The zero-order valence-corrected chi connectivity index (χ0v) is 11.4. The number of hydrogen-bond donors (Lipinski definition) is 1. The normalized spacial score (nSPS) is 10.5. The highest BCUT2D eigenvalue weighted by Crippen LogP contribution is 2.30. The minimum atomic E-state index is -2.92. The molecular formula is C14H15F2N3O2. The van der Waals surface area contributed by atoms with Gasteiger partial charge in [0.05, 0.1) is 11.3 Å². The first-order valence-corrected chi connectivity index (χ1v) is 6.17. The average molecular weight is 295 g/mol. The summed E-state index contributed by atoms with van der Waals surface area (Å²) in [5.41, 5.74) is 0.956. The molecule has 1 heterocycles. The zero-order valence-electron chi connectivity index (χ0n) is 11.4. The second kappa shape index (κ2) is 6.85. The van der Waals surface area contributed by atoms with E-state index in [-0.39, 0.29) is 12.4 Å². The Morgan fingerprint density at radius 3 is 2.67 bits per heavy atom. The van der Waals surface area contributed by atoms with Crippen LogP contribution in [-0.4, -0.2) is 18.6 Å². The number of hydrogen-bond acceptors (Lipinski definition) is 5. The number of hydrazine groups is 1. The Morgan fingerprint density at radius 2 is 2.05 bits per heavy atom. The fourth-order valence-electron chi connectivity index (χ4n) is 1.81. The van der Waals surface area contributed by atoms with Gasteiger partial charge < -0.3 is 14.5 Å². The number of halogens is 2. The molecule has 1 aromatic carbocycles. The van der Waals surface area contributed by atoms with E-state index in [4.69, 9.17) is 10.6 Å². The second-order valence-electron chi connectivity index (χ2n) is 4.20. The van der Waals surface area contributed by atoms with Crippen molar-refractivity contribution in [3.8, 4) is 11.6 Å². The van der Waals surface area contributed by atoms with E-state index >= 15 is 0 Å². The van der Waals surface area contributed by atoms with Crippen LogP contribution in [0.2, 0.25) is 0 Å². The van der Waals surface area contributed by atoms with Crippen LogP contribution in [0.25, 0.3) is 0 Å². The Morgan fingerprint density at radius 1 is 1.24 bits per heavy atom. The molecule has 0 atom stereocenters. The van der Waals surface area contributed by atoms with Crippen molar-refractivity contribution in [2.45, 2.75) is 13.2 Å². The summed E-state index contributed by atoms with van der Waals surface area (Å²) in [4.78, 5) is 4.00. The van der Waals surface area contributed by atoms with Gasteiger partial charge in [-0.25, -0.2) is 10.8 Å². The number of nitrogens with zero attached hydrogens (tertiary/aromatic N) is 2. The van der Waals surface area contributed by atoms with Crippen LogP contribution < -0.4 is 20.3 Å². The quantitative estimate of drug-likeness (QED) is 0.655. The Kier molecular flexibility index (Phi) is 4.89.